The normalized spacial score (nSPS) is 17.2. The lowest BCUT2D eigenvalue weighted by Crippen LogP contribution is -2.19. The molecule has 1 aliphatic heterocycles. The molecule has 1 aromatic carbocycles. The highest BCUT2D eigenvalue weighted by molar-refractivity contribution is 5.40. The minimum absolute atomic E-state index is 0.0227. The number of rotatable bonds is 2. The van der Waals surface area contributed by atoms with E-state index in [1.165, 1.54) is 5.56 Å². The Morgan fingerprint density at radius 1 is 1.00 bits per heavy atom. The van der Waals surface area contributed by atoms with E-state index in [-0.39, 0.29) is 11.7 Å². The third-order valence-electron chi connectivity index (χ3n) is 3.72. The van der Waals surface area contributed by atoms with Crippen LogP contribution in [0.3, 0.4) is 0 Å². The Hall–Kier alpha value is -1.37. The smallest absolute Gasteiger partial charge is 0.184 e. The summed E-state index contributed by atoms with van der Waals surface area (Å²) < 4.78 is 11.2. The maximum absolute atomic E-state index is 9.38. The van der Waals surface area contributed by atoms with Gasteiger partial charge >= 0.3 is 0 Å². The molecule has 3 nitrogen and oxygen atoms in total. The number of hydrogen-bond acceptors (Lipinski definition) is 3. The summed E-state index contributed by atoms with van der Waals surface area (Å²) in [6.45, 7) is 11.6. The first kappa shape index (κ1) is 15.0. The van der Waals surface area contributed by atoms with Crippen molar-refractivity contribution in [3.8, 4) is 6.07 Å². The number of nitrogens with zero attached hydrogens (tertiary/aromatic N) is 1. The lowest BCUT2D eigenvalue weighted by atomic mass is 9.79. The van der Waals surface area contributed by atoms with Gasteiger partial charge in [0.25, 0.3) is 0 Å². The van der Waals surface area contributed by atoms with Crippen molar-refractivity contribution in [1.82, 2.24) is 0 Å². The molecule has 0 radical (unpaired) electrons. The van der Waals surface area contributed by atoms with Gasteiger partial charge in [0.05, 0.1) is 24.7 Å². The van der Waals surface area contributed by atoms with E-state index in [4.69, 9.17) is 9.47 Å². The summed E-state index contributed by atoms with van der Waals surface area (Å²) in [7, 11) is 0. The van der Waals surface area contributed by atoms with Crippen molar-refractivity contribution in [3.05, 3.63) is 34.9 Å². The van der Waals surface area contributed by atoms with Crippen LogP contribution in [0.2, 0.25) is 0 Å². The molecule has 3 heteroatoms. The summed E-state index contributed by atoms with van der Waals surface area (Å²) in [5, 5.41) is 9.38. The number of ether oxygens (including phenoxy) is 2. The molecule has 0 amide bonds. The Morgan fingerprint density at radius 3 is 2.05 bits per heavy atom. The van der Waals surface area contributed by atoms with Crippen LogP contribution < -0.4 is 0 Å². The summed E-state index contributed by atoms with van der Waals surface area (Å²) in [6.07, 6.45) is -0.300. The summed E-state index contributed by atoms with van der Waals surface area (Å²) in [6, 6.07) is 8.67. The monoisotopic (exact) mass is 273 g/mol. The molecule has 108 valence electrons. The minimum atomic E-state index is -0.519. The molecule has 0 atom stereocenters. The van der Waals surface area contributed by atoms with Crippen LogP contribution in [0.1, 0.15) is 57.6 Å². The lowest BCUT2D eigenvalue weighted by molar-refractivity contribution is -0.0442. The number of hydrogen-bond donors (Lipinski definition) is 0. The minimum Gasteiger partial charge on any atom is -0.346 e. The first-order valence-corrected chi connectivity index (χ1v) is 7.04. The number of benzene rings is 1. The quantitative estimate of drug-likeness (QED) is 0.822. The van der Waals surface area contributed by atoms with Gasteiger partial charge < -0.3 is 9.47 Å². The Bertz CT molecular complexity index is 529. The van der Waals surface area contributed by atoms with Gasteiger partial charge in [-0.05, 0) is 36.5 Å². The van der Waals surface area contributed by atoms with Gasteiger partial charge in [0.1, 0.15) is 0 Å². The fourth-order valence-corrected chi connectivity index (χ4v) is 2.20. The predicted octanol–water partition coefficient (Wildman–Crippen LogP) is 3.83. The molecule has 0 saturated carbocycles. The van der Waals surface area contributed by atoms with E-state index in [2.05, 4.69) is 39.0 Å². The molecule has 0 N–H and O–H groups in total. The third kappa shape index (κ3) is 3.03. The average molecular weight is 273 g/mol. The highest BCUT2D eigenvalue weighted by atomic mass is 16.7. The zero-order chi connectivity index (χ0) is 15.0. The maximum atomic E-state index is 9.38. The highest BCUT2D eigenvalue weighted by Crippen LogP contribution is 2.34. The second-order valence-corrected chi connectivity index (χ2v) is 6.90. The van der Waals surface area contributed by atoms with E-state index in [0.29, 0.717) is 13.2 Å². The molecule has 0 spiro atoms. The van der Waals surface area contributed by atoms with Gasteiger partial charge in [0, 0.05) is 5.56 Å². The molecule has 1 aromatic rings. The SMILES string of the molecule is CC(C)(C)c1cc(C2OCCO2)cc(C(C)(C)C#N)c1. The van der Waals surface area contributed by atoms with Gasteiger partial charge in [0.15, 0.2) is 6.29 Å². The van der Waals surface area contributed by atoms with Crippen molar-refractivity contribution in [2.75, 3.05) is 13.2 Å². The molecule has 0 aliphatic carbocycles. The van der Waals surface area contributed by atoms with E-state index in [1.54, 1.807) is 0 Å². The van der Waals surface area contributed by atoms with Crippen molar-refractivity contribution in [3.63, 3.8) is 0 Å². The zero-order valence-corrected chi connectivity index (χ0v) is 13.0. The first-order chi connectivity index (χ1) is 9.24. The van der Waals surface area contributed by atoms with Crippen LogP contribution >= 0.6 is 0 Å². The van der Waals surface area contributed by atoms with E-state index in [1.807, 2.05) is 19.9 Å². The van der Waals surface area contributed by atoms with Gasteiger partial charge in [-0.15, -0.1) is 0 Å². The van der Waals surface area contributed by atoms with E-state index >= 15 is 0 Å². The molecule has 0 bridgehead atoms. The second kappa shape index (κ2) is 5.20. The average Bonchev–Trinajstić information content (AvgIpc) is 2.91. The topological polar surface area (TPSA) is 42.2 Å². The molecular formula is C17H23NO2. The van der Waals surface area contributed by atoms with Gasteiger partial charge in [-0.2, -0.15) is 5.26 Å². The van der Waals surface area contributed by atoms with Crippen molar-refractivity contribution >= 4 is 0 Å². The van der Waals surface area contributed by atoms with Crippen LogP contribution in [-0.2, 0) is 20.3 Å². The van der Waals surface area contributed by atoms with Gasteiger partial charge in [0.2, 0.25) is 0 Å². The van der Waals surface area contributed by atoms with E-state index < -0.39 is 5.41 Å². The number of nitriles is 1. The van der Waals surface area contributed by atoms with Crippen LogP contribution in [0.5, 0.6) is 0 Å². The summed E-state index contributed by atoms with van der Waals surface area (Å²) in [4.78, 5) is 0. The largest absolute Gasteiger partial charge is 0.346 e. The fourth-order valence-electron chi connectivity index (χ4n) is 2.20. The summed E-state index contributed by atoms with van der Waals surface area (Å²) in [5.41, 5.74) is 2.73. The predicted molar refractivity (Wildman–Crippen MR) is 78.4 cm³/mol. The molecule has 0 unspecified atom stereocenters. The Morgan fingerprint density at radius 2 is 1.55 bits per heavy atom. The van der Waals surface area contributed by atoms with Gasteiger partial charge in [-0.25, -0.2) is 0 Å². The Labute approximate surface area is 121 Å². The van der Waals surface area contributed by atoms with Crippen molar-refractivity contribution in [2.45, 2.75) is 51.7 Å². The van der Waals surface area contributed by atoms with Crippen LogP contribution in [-0.4, -0.2) is 13.2 Å². The zero-order valence-electron chi connectivity index (χ0n) is 13.0. The lowest BCUT2D eigenvalue weighted by Gasteiger charge is -2.25. The standard InChI is InChI=1S/C17H23NO2/c1-16(2,3)13-8-12(15-19-6-7-20-15)9-14(10-13)17(4,5)11-18/h8-10,15H,6-7H2,1-5H3. The van der Waals surface area contributed by atoms with Crippen molar-refractivity contribution < 1.29 is 9.47 Å². The van der Waals surface area contributed by atoms with Gasteiger partial charge in [-0.1, -0.05) is 32.9 Å². The first-order valence-electron chi connectivity index (χ1n) is 7.04. The summed E-state index contributed by atoms with van der Waals surface area (Å²) in [5.74, 6) is 0. The van der Waals surface area contributed by atoms with Crippen LogP contribution in [0.4, 0.5) is 0 Å². The second-order valence-electron chi connectivity index (χ2n) is 6.90. The maximum Gasteiger partial charge on any atom is 0.184 e. The molecular weight excluding hydrogens is 250 g/mol. The molecule has 2 rings (SSSR count). The van der Waals surface area contributed by atoms with Crippen LogP contribution in [0, 0.1) is 11.3 Å². The Kier molecular flexibility index (Phi) is 3.90. The molecule has 1 fully saturated rings. The molecule has 0 aromatic heterocycles. The molecule has 1 heterocycles. The van der Waals surface area contributed by atoms with Crippen LogP contribution in [0.15, 0.2) is 18.2 Å². The molecule has 1 saturated heterocycles. The van der Waals surface area contributed by atoms with E-state index in [9.17, 15) is 5.26 Å². The Balaban J connectivity index is 2.53. The molecule has 1 aliphatic rings. The summed E-state index contributed by atoms with van der Waals surface area (Å²) >= 11 is 0. The van der Waals surface area contributed by atoms with Gasteiger partial charge in [-0.3, -0.25) is 0 Å². The third-order valence-corrected chi connectivity index (χ3v) is 3.72. The van der Waals surface area contributed by atoms with Crippen molar-refractivity contribution in [1.29, 1.82) is 5.26 Å². The van der Waals surface area contributed by atoms with Crippen molar-refractivity contribution in [2.24, 2.45) is 0 Å². The highest BCUT2D eigenvalue weighted by Gasteiger charge is 2.27. The molecule has 20 heavy (non-hydrogen) atoms. The van der Waals surface area contributed by atoms with E-state index in [0.717, 1.165) is 11.1 Å². The fraction of sp³-hybridized carbons (Fsp3) is 0.588. The van der Waals surface area contributed by atoms with Crippen LogP contribution in [0.25, 0.3) is 0 Å².